The summed E-state index contributed by atoms with van der Waals surface area (Å²) in [5, 5.41) is 3.84. The number of nitrogens with zero attached hydrogens (tertiary/aromatic N) is 1. The molecule has 0 aromatic heterocycles. The van der Waals surface area contributed by atoms with Gasteiger partial charge in [0.05, 0.1) is 24.3 Å². The molecule has 1 heterocycles. The van der Waals surface area contributed by atoms with Gasteiger partial charge >= 0.3 is 12.1 Å². The number of methoxy groups -OCH3 is 1. The van der Waals surface area contributed by atoms with Crippen molar-refractivity contribution in [2.75, 3.05) is 7.11 Å². The molecule has 1 aromatic carbocycles. The van der Waals surface area contributed by atoms with Gasteiger partial charge in [0, 0.05) is 0 Å². The number of halogens is 3. The van der Waals surface area contributed by atoms with Crippen LogP contribution in [0.15, 0.2) is 29.4 Å². The van der Waals surface area contributed by atoms with Crippen LogP contribution in [0.4, 0.5) is 13.2 Å². The van der Waals surface area contributed by atoms with Gasteiger partial charge < -0.3 is 9.57 Å². The Morgan fingerprint density at radius 1 is 1.33 bits per heavy atom. The largest absolute Gasteiger partial charge is 0.466 e. The van der Waals surface area contributed by atoms with Crippen LogP contribution < -0.4 is 0 Å². The summed E-state index contributed by atoms with van der Waals surface area (Å²) in [4.78, 5) is 16.6. The first-order chi connectivity index (χ1) is 9.88. The van der Waals surface area contributed by atoms with Crippen molar-refractivity contribution in [2.45, 2.75) is 25.6 Å². The molecule has 0 aliphatic carbocycles. The molecule has 1 aromatic rings. The lowest BCUT2D eigenvalue weighted by Crippen LogP contribution is -2.32. The zero-order valence-corrected chi connectivity index (χ0v) is 11.5. The third-order valence-electron chi connectivity index (χ3n) is 3.36. The molecule has 21 heavy (non-hydrogen) atoms. The van der Waals surface area contributed by atoms with Gasteiger partial charge in [0.2, 0.25) is 6.10 Å². The van der Waals surface area contributed by atoms with E-state index in [4.69, 9.17) is 4.84 Å². The summed E-state index contributed by atoms with van der Waals surface area (Å²) in [5.41, 5.74) is 0.228. The predicted octanol–water partition coefficient (Wildman–Crippen LogP) is 3.01. The molecule has 0 radical (unpaired) electrons. The summed E-state index contributed by atoms with van der Waals surface area (Å²) in [5.74, 6) is -0.887. The van der Waals surface area contributed by atoms with Crippen LogP contribution in [0.2, 0.25) is 0 Å². The van der Waals surface area contributed by atoms with E-state index in [2.05, 4.69) is 9.89 Å². The molecule has 4 nitrogen and oxygen atoms in total. The first-order valence-corrected chi connectivity index (χ1v) is 6.37. The maximum atomic E-state index is 12.5. The molecule has 0 bridgehead atoms. The van der Waals surface area contributed by atoms with Crippen molar-refractivity contribution >= 4 is 11.7 Å². The zero-order chi connectivity index (χ0) is 15.6. The lowest BCUT2D eigenvalue weighted by atomic mass is 9.90. The molecule has 7 heteroatoms. The first-order valence-electron chi connectivity index (χ1n) is 6.37. The Labute approximate surface area is 119 Å². The number of carbonyl (C=O) groups excluding carboxylic acids is 1. The highest BCUT2D eigenvalue weighted by molar-refractivity contribution is 6.05. The molecule has 0 amide bonds. The van der Waals surface area contributed by atoms with Crippen LogP contribution in [0.3, 0.4) is 0 Å². The fraction of sp³-hybridized carbons (Fsp3) is 0.429. The molecule has 0 N–H and O–H groups in total. The minimum absolute atomic E-state index is 0.339. The molecule has 0 fully saturated rings. The molecule has 0 spiro atoms. The summed E-state index contributed by atoms with van der Waals surface area (Å²) < 4.78 is 42.2. The van der Waals surface area contributed by atoms with Gasteiger partial charge in [-0.3, -0.25) is 0 Å². The van der Waals surface area contributed by atoms with E-state index < -0.39 is 23.8 Å². The topological polar surface area (TPSA) is 47.9 Å². The van der Waals surface area contributed by atoms with Gasteiger partial charge in [0.15, 0.2) is 0 Å². The third kappa shape index (κ3) is 3.01. The lowest BCUT2D eigenvalue weighted by Gasteiger charge is -2.15. The SMILES string of the molecule is CC[C@@H]1C(c2ccc(C(F)(F)F)cc2)=NO[C@H]1C(=O)OC. The Hall–Kier alpha value is -2.05. The van der Waals surface area contributed by atoms with Crippen molar-refractivity contribution in [3.05, 3.63) is 35.4 Å². The third-order valence-corrected chi connectivity index (χ3v) is 3.36. The summed E-state index contributed by atoms with van der Waals surface area (Å²) in [7, 11) is 1.24. The molecule has 1 aliphatic rings. The van der Waals surface area contributed by atoms with Gasteiger partial charge in [-0.1, -0.05) is 24.2 Å². The molecule has 0 saturated carbocycles. The Bertz CT molecular complexity index is 552. The molecule has 0 saturated heterocycles. The predicted molar refractivity (Wildman–Crippen MR) is 68.7 cm³/mol. The van der Waals surface area contributed by atoms with Gasteiger partial charge in [-0.05, 0) is 24.1 Å². The Morgan fingerprint density at radius 3 is 2.43 bits per heavy atom. The highest BCUT2D eigenvalue weighted by Crippen LogP contribution is 2.31. The molecule has 1 aliphatic heterocycles. The standard InChI is InChI=1S/C14H14F3NO3/c1-3-10-11(18-21-12(10)13(19)20-2)8-4-6-9(7-5-8)14(15,16)17/h4-7,10,12H,3H2,1-2H3/t10-,12-/m1/s1. The lowest BCUT2D eigenvalue weighted by molar-refractivity contribution is -0.154. The van der Waals surface area contributed by atoms with Crippen LogP contribution in [-0.4, -0.2) is 24.9 Å². The van der Waals surface area contributed by atoms with Crippen LogP contribution in [0.5, 0.6) is 0 Å². The highest BCUT2D eigenvalue weighted by Gasteiger charge is 2.40. The van der Waals surface area contributed by atoms with Gasteiger partial charge in [-0.25, -0.2) is 4.79 Å². The van der Waals surface area contributed by atoms with Crippen molar-refractivity contribution in [3.8, 4) is 0 Å². The van der Waals surface area contributed by atoms with Crippen molar-refractivity contribution < 1.29 is 27.5 Å². The van der Waals surface area contributed by atoms with Crippen LogP contribution in [0.1, 0.15) is 24.5 Å². The number of oxime groups is 1. The average molecular weight is 301 g/mol. The van der Waals surface area contributed by atoms with Crippen molar-refractivity contribution in [1.29, 1.82) is 0 Å². The number of hydrogen-bond acceptors (Lipinski definition) is 4. The van der Waals surface area contributed by atoms with E-state index in [9.17, 15) is 18.0 Å². The smallest absolute Gasteiger partial charge is 0.416 e. The zero-order valence-electron chi connectivity index (χ0n) is 11.5. The fourth-order valence-corrected chi connectivity index (χ4v) is 2.23. The van der Waals surface area contributed by atoms with E-state index in [-0.39, 0.29) is 5.92 Å². The van der Waals surface area contributed by atoms with Gasteiger partial charge in [-0.2, -0.15) is 13.2 Å². The minimum atomic E-state index is -4.38. The van der Waals surface area contributed by atoms with E-state index in [1.54, 1.807) is 0 Å². The molecule has 114 valence electrons. The number of benzene rings is 1. The second-order valence-electron chi connectivity index (χ2n) is 4.62. The van der Waals surface area contributed by atoms with Crippen molar-refractivity contribution in [1.82, 2.24) is 0 Å². The van der Waals surface area contributed by atoms with Crippen molar-refractivity contribution in [3.63, 3.8) is 0 Å². The number of esters is 1. The Balaban J connectivity index is 2.24. The minimum Gasteiger partial charge on any atom is -0.466 e. The highest BCUT2D eigenvalue weighted by atomic mass is 19.4. The van der Waals surface area contributed by atoms with Crippen LogP contribution in [0, 0.1) is 5.92 Å². The molecule has 2 rings (SSSR count). The number of ether oxygens (including phenoxy) is 1. The molecule has 0 unspecified atom stereocenters. The molecular weight excluding hydrogens is 287 g/mol. The van der Waals surface area contributed by atoms with E-state index in [1.165, 1.54) is 19.2 Å². The fourth-order valence-electron chi connectivity index (χ4n) is 2.23. The first kappa shape index (κ1) is 15.3. The second kappa shape index (κ2) is 5.75. The van der Waals surface area contributed by atoms with E-state index in [0.717, 1.165) is 12.1 Å². The van der Waals surface area contributed by atoms with E-state index in [0.29, 0.717) is 17.7 Å². The Morgan fingerprint density at radius 2 is 1.95 bits per heavy atom. The summed E-state index contributed by atoms with van der Waals surface area (Å²) in [6, 6.07) is 4.62. The normalized spacial score (nSPS) is 21.7. The summed E-state index contributed by atoms with van der Waals surface area (Å²) >= 11 is 0. The Kier molecular flexibility index (Phi) is 4.20. The van der Waals surface area contributed by atoms with Gasteiger partial charge in [0.25, 0.3) is 0 Å². The number of alkyl halides is 3. The quantitative estimate of drug-likeness (QED) is 0.806. The van der Waals surface area contributed by atoms with Gasteiger partial charge in [0.1, 0.15) is 0 Å². The monoisotopic (exact) mass is 301 g/mol. The molecule has 2 atom stereocenters. The average Bonchev–Trinajstić information content (AvgIpc) is 2.89. The van der Waals surface area contributed by atoms with Gasteiger partial charge in [-0.15, -0.1) is 0 Å². The van der Waals surface area contributed by atoms with Crippen molar-refractivity contribution in [2.24, 2.45) is 11.1 Å². The summed E-state index contributed by atoms with van der Waals surface area (Å²) in [6.07, 6.45) is -4.68. The van der Waals surface area contributed by atoms with Crippen LogP contribution >= 0.6 is 0 Å². The number of hydrogen-bond donors (Lipinski definition) is 0. The number of rotatable bonds is 3. The van der Waals surface area contributed by atoms with E-state index in [1.807, 2.05) is 6.92 Å². The maximum Gasteiger partial charge on any atom is 0.416 e. The van der Waals surface area contributed by atoms with Crippen LogP contribution in [0.25, 0.3) is 0 Å². The van der Waals surface area contributed by atoms with Crippen LogP contribution in [-0.2, 0) is 20.5 Å². The molecular formula is C14H14F3NO3. The maximum absolute atomic E-state index is 12.5. The summed E-state index contributed by atoms with van der Waals surface area (Å²) in [6.45, 7) is 1.84. The van der Waals surface area contributed by atoms with E-state index >= 15 is 0 Å². The number of carbonyl (C=O) groups is 1. The second-order valence-corrected chi connectivity index (χ2v) is 4.62.